The van der Waals surface area contributed by atoms with E-state index in [0.717, 1.165) is 76.3 Å². The van der Waals surface area contributed by atoms with Gasteiger partial charge in [-0.05, 0) is 112 Å². The number of rotatable bonds is 14. The Kier molecular flexibility index (Phi) is 15.6. The zero-order valence-corrected chi connectivity index (χ0v) is 23.0. The summed E-state index contributed by atoms with van der Waals surface area (Å²) in [6.07, 6.45) is 23.0. The van der Waals surface area contributed by atoms with Crippen molar-refractivity contribution in [2.45, 2.75) is 118 Å². The Morgan fingerprint density at radius 2 is 1.21 bits per heavy atom. The molecular formula is C31H51NO2. The van der Waals surface area contributed by atoms with Gasteiger partial charge in [-0.1, -0.05) is 52.2 Å². The van der Waals surface area contributed by atoms with Crippen molar-refractivity contribution in [3.05, 3.63) is 58.2 Å². The maximum Gasteiger partial charge on any atom is 0.246 e. The van der Waals surface area contributed by atoms with Crippen molar-refractivity contribution in [1.29, 1.82) is 0 Å². The largest absolute Gasteiger partial charge is 0.394 e. The maximum atomic E-state index is 12.6. The topological polar surface area (TPSA) is 40.5 Å². The van der Waals surface area contributed by atoms with Crippen LogP contribution in [0.25, 0.3) is 0 Å². The average molecular weight is 470 g/mol. The Morgan fingerprint density at radius 3 is 1.68 bits per heavy atom. The molecule has 3 nitrogen and oxygen atoms in total. The van der Waals surface area contributed by atoms with Gasteiger partial charge in [0.15, 0.2) is 0 Å². The van der Waals surface area contributed by atoms with Crippen LogP contribution in [-0.2, 0) is 4.79 Å². The van der Waals surface area contributed by atoms with Crippen LogP contribution in [0.2, 0.25) is 0 Å². The third-order valence-electron chi connectivity index (χ3n) is 6.68. The fraction of sp³-hybridized carbons (Fsp3) is 0.645. The van der Waals surface area contributed by atoms with Gasteiger partial charge in [0.2, 0.25) is 5.91 Å². The number of piperidine rings is 1. The van der Waals surface area contributed by atoms with Crippen molar-refractivity contribution < 1.29 is 9.90 Å². The molecule has 3 heteroatoms. The Hall–Kier alpha value is -1.87. The standard InChI is InChI=1S/C31H51NO2/c1-25(2)13-9-14-26(3)15-10-16-27(4)17-11-18-28(5)19-12-20-29(6)23-31(34)32-22-8-7-21-30(32)24-33/h13,15,17,19,23,30,33H,7-12,14,16,18,20-22,24H2,1-6H3/b26-15+,27-17+,28-19+,29-23+. The minimum Gasteiger partial charge on any atom is -0.394 e. The summed E-state index contributed by atoms with van der Waals surface area (Å²) in [5, 5.41) is 9.53. The first-order chi connectivity index (χ1) is 16.2. The van der Waals surface area contributed by atoms with Gasteiger partial charge in [0, 0.05) is 12.6 Å². The van der Waals surface area contributed by atoms with E-state index in [1.54, 1.807) is 6.08 Å². The van der Waals surface area contributed by atoms with Gasteiger partial charge in [0.25, 0.3) is 0 Å². The lowest BCUT2D eigenvalue weighted by molar-refractivity contribution is -0.130. The molecule has 192 valence electrons. The van der Waals surface area contributed by atoms with Crippen LogP contribution in [0.15, 0.2) is 58.2 Å². The molecule has 1 rings (SSSR count). The van der Waals surface area contributed by atoms with E-state index in [2.05, 4.69) is 58.9 Å². The van der Waals surface area contributed by atoms with E-state index in [-0.39, 0.29) is 18.6 Å². The van der Waals surface area contributed by atoms with Crippen molar-refractivity contribution in [1.82, 2.24) is 4.90 Å². The summed E-state index contributed by atoms with van der Waals surface area (Å²) in [4.78, 5) is 14.4. The molecule has 1 heterocycles. The molecule has 1 amide bonds. The third-order valence-corrected chi connectivity index (χ3v) is 6.68. The molecule has 0 aliphatic carbocycles. The second-order valence-electron chi connectivity index (χ2n) is 10.4. The second kappa shape index (κ2) is 17.5. The van der Waals surface area contributed by atoms with E-state index < -0.39 is 0 Å². The highest BCUT2D eigenvalue weighted by atomic mass is 16.3. The molecule has 0 saturated carbocycles. The van der Waals surface area contributed by atoms with E-state index in [1.165, 1.54) is 28.7 Å². The van der Waals surface area contributed by atoms with E-state index in [1.807, 2.05) is 11.8 Å². The molecule has 0 radical (unpaired) electrons. The summed E-state index contributed by atoms with van der Waals surface area (Å²) >= 11 is 0. The summed E-state index contributed by atoms with van der Waals surface area (Å²) in [5.41, 5.74) is 6.94. The molecule has 0 aromatic carbocycles. The first kappa shape index (κ1) is 30.2. The lowest BCUT2D eigenvalue weighted by atomic mass is 10.0. The lowest BCUT2D eigenvalue weighted by Crippen LogP contribution is -2.45. The summed E-state index contributed by atoms with van der Waals surface area (Å²) in [6.45, 7) is 13.9. The van der Waals surface area contributed by atoms with Gasteiger partial charge < -0.3 is 10.0 Å². The first-order valence-electron chi connectivity index (χ1n) is 13.4. The number of amides is 1. The second-order valence-corrected chi connectivity index (χ2v) is 10.4. The van der Waals surface area contributed by atoms with Crippen molar-refractivity contribution in [2.24, 2.45) is 0 Å². The van der Waals surface area contributed by atoms with Gasteiger partial charge in [-0.3, -0.25) is 4.79 Å². The predicted molar refractivity (Wildman–Crippen MR) is 148 cm³/mol. The minimum atomic E-state index is -0.00320. The number of aliphatic hydroxyl groups excluding tert-OH is 1. The van der Waals surface area contributed by atoms with Crippen LogP contribution in [0.1, 0.15) is 112 Å². The fourth-order valence-corrected chi connectivity index (χ4v) is 4.38. The molecule has 1 saturated heterocycles. The van der Waals surface area contributed by atoms with E-state index in [0.29, 0.717) is 0 Å². The fourth-order valence-electron chi connectivity index (χ4n) is 4.38. The van der Waals surface area contributed by atoms with E-state index in [4.69, 9.17) is 0 Å². The predicted octanol–water partition coefficient (Wildman–Crippen LogP) is 8.23. The number of hydrogen-bond donors (Lipinski definition) is 1. The number of allylic oxidation sites excluding steroid dienone is 9. The Bertz CT molecular complexity index is 762. The number of nitrogens with zero attached hydrogens (tertiary/aromatic N) is 1. The first-order valence-corrected chi connectivity index (χ1v) is 13.4. The quantitative estimate of drug-likeness (QED) is 0.205. The van der Waals surface area contributed by atoms with E-state index in [9.17, 15) is 9.90 Å². The molecule has 0 aromatic rings. The highest BCUT2D eigenvalue weighted by Crippen LogP contribution is 2.19. The summed E-state index contributed by atoms with van der Waals surface area (Å²) in [5.74, 6) is 0.0653. The smallest absolute Gasteiger partial charge is 0.246 e. The molecule has 1 fully saturated rings. The summed E-state index contributed by atoms with van der Waals surface area (Å²) < 4.78 is 0. The molecule has 1 atom stereocenters. The van der Waals surface area contributed by atoms with Crippen LogP contribution in [0.5, 0.6) is 0 Å². The van der Waals surface area contributed by atoms with Crippen LogP contribution in [-0.4, -0.2) is 35.1 Å². The molecule has 1 N–H and O–H groups in total. The van der Waals surface area contributed by atoms with Gasteiger partial charge in [0.05, 0.1) is 12.6 Å². The van der Waals surface area contributed by atoms with Crippen molar-refractivity contribution >= 4 is 5.91 Å². The summed E-state index contributed by atoms with van der Waals surface area (Å²) in [6, 6.07) is -0.00320. The molecule has 0 bridgehead atoms. The number of carbonyl (C=O) groups excluding carboxylic acids is 1. The normalized spacial score (nSPS) is 18.3. The molecule has 0 aromatic heterocycles. The number of aliphatic hydroxyl groups is 1. The monoisotopic (exact) mass is 469 g/mol. The van der Waals surface area contributed by atoms with Gasteiger partial charge in [-0.15, -0.1) is 0 Å². The molecular weight excluding hydrogens is 418 g/mol. The van der Waals surface area contributed by atoms with Crippen molar-refractivity contribution in [2.75, 3.05) is 13.2 Å². The van der Waals surface area contributed by atoms with Crippen LogP contribution < -0.4 is 0 Å². The maximum absolute atomic E-state index is 12.6. The van der Waals surface area contributed by atoms with Crippen LogP contribution in [0, 0.1) is 0 Å². The molecule has 1 aliphatic rings. The zero-order valence-electron chi connectivity index (χ0n) is 23.0. The highest BCUT2D eigenvalue weighted by Gasteiger charge is 2.24. The molecule has 1 unspecified atom stereocenters. The van der Waals surface area contributed by atoms with Crippen LogP contribution >= 0.6 is 0 Å². The van der Waals surface area contributed by atoms with Gasteiger partial charge in [-0.2, -0.15) is 0 Å². The Morgan fingerprint density at radius 1 is 0.735 bits per heavy atom. The molecule has 0 spiro atoms. The Labute approximate surface area is 210 Å². The number of carbonyl (C=O) groups is 1. The van der Waals surface area contributed by atoms with E-state index >= 15 is 0 Å². The van der Waals surface area contributed by atoms with Crippen LogP contribution in [0.4, 0.5) is 0 Å². The van der Waals surface area contributed by atoms with Crippen LogP contribution in [0.3, 0.4) is 0 Å². The SMILES string of the molecule is CC(C)=CCC/C(C)=C/CC/C(C)=C/CC/C(C)=C/CC/C(C)=C/C(=O)N1CCCCC1CO. The highest BCUT2D eigenvalue weighted by molar-refractivity contribution is 5.88. The Balaban J connectivity index is 2.32. The van der Waals surface area contributed by atoms with Gasteiger partial charge in [-0.25, -0.2) is 0 Å². The summed E-state index contributed by atoms with van der Waals surface area (Å²) in [7, 11) is 0. The number of hydrogen-bond acceptors (Lipinski definition) is 2. The van der Waals surface area contributed by atoms with Crippen molar-refractivity contribution in [3.63, 3.8) is 0 Å². The zero-order chi connectivity index (χ0) is 25.3. The lowest BCUT2D eigenvalue weighted by Gasteiger charge is -2.34. The number of likely N-dealkylation sites (tertiary alicyclic amines) is 1. The molecule has 1 aliphatic heterocycles. The third kappa shape index (κ3) is 13.7. The minimum absolute atomic E-state index is 0.00320. The van der Waals surface area contributed by atoms with Gasteiger partial charge >= 0.3 is 0 Å². The molecule has 34 heavy (non-hydrogen) atoms. The average Bonchev–Trinajstić information content (AvgIpc) is 2.78. The van der Waals surface area contributed by atoms with Gasteiger partial charge in [0.1, 0.15) is 0 Å². The van der Waals surface area contributed by atoms with Crippen molar-refractivity contribution in [3.8, 4) is 0 Å².